The van der Waals surface area contributed by atoms with E-state index in [9.17, 15) is 28.1 Å². The van der Waals surface area contributed by atoms with Crippen LogP contribution in [0.5, 0.6) is 0 Å². The highest BCUT2D eigenvalue weighted by atomic mass is 19.4. The molecule has 0 bridgehead atoms. The van der Waals surface area contributed by atoms with Gasteiger partial charge < -0.3 is 20.4 Å². The maximum absolute atomic E-state index is 12.8. The van der Waals surface area contributed by atoms with Gasteiger partial charge in [-0.1, -0.05) is 0 Å². The van der Waals surface area contributed by atoms with Crippen molar-refractivity contribution in [2.45, 2.75) is 12.6 Å². The second-order valence-electron chi connectivity index (χ2n) is 7.40. The third-order valence-corrected chi connectivity index (χ3v) is 5.07. The van der Waals surface area contributed by atoms with Crippen molar-refractivity contribution < 1.29 is 22.9 Å². The van der Waals surface area contributed by atoms with Gasteiger partial charge in [-0.2, -0.15) is 13.2 Å². The van der Waals surface area contributed by atoms with Gasteiger partial charge in [0.25, 0.3) is 5.69 Å². The first-order valence-corrected chi connectivity index (χ1v) is 9.92. The fourth-order valence-corrected chi connectivity index (χ4v) is 3.24. The number of rotatable bonds is 7. The molecule has 1 amide bonds. The number of halogens is 3. The molecule has 0 radical (unpaired) electrons. The molecule has 32 heavy (non-hydrogen) atoms. The molecule has 0 atom stereocenters. The Balaban J connectivity index is 1.51. The summed E-state index contributed by atoms with van der Waals surface area (Å²) in [5.74, 6) is -0.0136. The van der Waals surface area contributed by atoms with Gasteiger partial charge in [-0.25, -0.2) is 4.98 Å². The minimum atomic E-state index is -4.68. The number of piperazine rings is 1. The lowest BCUT2D eigenvalue weighted by molar-refractivity contribution is -0.384. The van der Waals surface area contributed by atoms with E-state index in [2.05, 4.69) is 32.5 Å². The van der Waals surface area contributed by atoms with Gasteiger partial charge in [0.1, 0.15) is 11.5 Å². The minimum absolute atomic E-state index is 0.00256. The summed E-state index contributed by atoms with van der Waals surface area (Å²) in [5, 5.41) is 16.4. The van der Waals surface area contributed by atoms with Crippen LogP contribution in [0, 0.1) is 10.1 Å². The zero-order chi connectivity index (χ0) is 23.3. The molecule has 1 aromatic carbocycles. The predicted molar refractivity (Wildman–Crippen MR) is 114 cm³/mol. The zero-order valence-corrected chi connectivity index (χ0v) is 17.4. The van der Waals surface area contributed by atoms with Gasteiger partial charge in [0.2, 0.25) is 5.91 Å². The van der Waals surface area contributed by atoms with E-state index in [0.29, 0.717) is 11.9 Å². The summed E-state index contributed by atoms with van der Waals surface area (Å²) >= 11 is 0. The fraction of sp³-hybridized carbons (Fsp3) is 0.400. The van der Waals surface area contributed by atoms with E-state index in [4.69, 9.17) is 0 Å². The smallest absolute Gasteiger partial charge is 0.379 e. The van der Waals surface area contributed by atoms with Crippen LogP contribution in [-0.4, -0.2) is 60.5 Å². The molecule has 0 spiro atoms. The summed E-state index contributed by atoms with van der Waals surface area (Å²) in [4.78, 5) is 31.0. The molecule has 0 aliphatic carbocycles. The highest BCUT2D eigenvalue weighted by Gasteiger charge is 2.33. The topological polar surface area (TPSA) is 104 Å². The van der Waals surface area contributed by atoms with Crippen molar-refractivity contribution in [3.8, 4) is 0 Å². The van der Waals surface area contributed by atoms with E-state index in [1.807, 2.05) is 6.07 Å². The van der Waals surface area contributed by atoms with E-state index in [1.54, 1.807) is 12.3 Å². The summed E-state index contributed by atoms with van der Waals surface area (Å²) in [6.07, 6.45) is -3.05. The molecule has 12 heteroatoms. The number of nitrogens with zero attached hydrogens (tertiary/aromatic N) is 4. The first kappa shape index (κ1) is 23.3. The molecular weight excluding hydrogens is 429 g/mol. The maximum Gasteiger partial charge on any atom is 0.416 e. The molecule has 2 N–H and O–H groups in total. The number of hydrogen-bond acceptors (Lipinski definition) is 7. The molecule has 1 saturated heterocycles. The molecule has 0 unspecified atom stereocenters. The Morgan fingerprint density at radius 1 is 1.19 bits per heavy atom. The SMILES string of the molecule is CN1CCN(c2ccc(NC(=O)CCNc3ccc(C(F)(F)F)cc3[N+](=O)[O-])nc2)CC1. The molecule has 3 rings (SSSR count). The molecule has 1 aliphatic heterocycles. The van der Waals surface area contributed by atoms with Crippen LogP contribution in [0.4, 0.5) is 36.1 Å². The Morgan fingerprint density at radius 2 is 1.91 bits per heavy atom. The van der Waals surface area contributed by atoms with Crippen LogP contribution in [-0.2, 0) is 11.0 Å². The number of pyridine rings is 1. The van der Waals surface area contributed by atoms with Gasteiger partial charge in [-0.3, -0.25) is 14.9 Å². The number of carbonyl (C=O) groups excluding carboxylic acids is 1. The van der Waals surface area contributed by atoms with Crippen LogP contribution in [0.15, 0.2) is 36.5 Å². The Kier molecular flexibility index (Phi) is 7.13. The minimum Gasteiger partial charge on any atom is -0.379 e. The van der Waals surface area contributed by atoms with E-state index in [-0.39, 0.29) is 24.6 Å². The van der Waals surface area contributed by atoms with Gasteiger partial charge in [-0.05, 0) is 31.3 Å². The van der Waals surface area contributed by atoms with Gasteiger partial charge in [0, 0.05) is 45.2 Å². The maximum atomic E-state index is 12.8. The van der Waals surface area contributed by atoms with Crippen molar-refractivity contribution in [3.63, 3.8) is 0 Å². The highest BCUT2D eigenvalue weighted by molar-refractivity contribution is 5.90. The second kappa shape index (κ2) is 9.81. The number of hydrogen-bond donors (Lipinski definition) is 2. The van der Waals surface area contributed by atoms with Crippen LogP contribution in [0.1, 0.15) is 12.0 Å². The van der Waals surface area contributed by atoms with Crippen molar-refractivity contribution in [1.29, 1.82) is 0 Å². The predicted octanol–water partition coefficient (Wildman–Crippen LogP) is 3.20. The van der Waals surface area contributed by atoms with Gasteiger partial charge >= 0.3 is 6.18 Å². The number of anilines is 3. The molecule has 2 heterocycles. The fourth-order valence-electron chi connectivity index (χ4n) is 3.24. The van der Waals surface area contributed by atoms with Crippen molar-refractivity contribution in [2.24, 2.45) is 0 Å². The Morgan fingerprint density at radius 3 is 2.50 bits per heavy atom. The average molecular weight is 452 g/mol. The number of likely N-dealkylation sites (N-methyl/N-ethyl adjacent to an activating group) is 1. The molecule has 1 aliphatic rings. The number of nitro groups is 1. The van der Waals surface area contributed by atoms with E-state index >= 15 is 0 Å². The van der Waals surface area contributed by atoms with Gasteiger partial charge in [-0.15, -0.1) is 0 Å². The molecule has 0 saturated carbocycles. The van der Waals surface area contributed by atoms with E-state index < -0.39 is 22.4 Å². The molecule has 2 aromatic rings. The van der Waals surface area contributed by atoms with Crippen molar-refractivity contribution in [3.05, 3.63) is 52.2 Å². The van der Waals surface area contributed by atoms with Crippen molar-refractivity contribution in [2.75, 3.05) is 55.3 Å². The standard InChI is InChI=1S/C20H23F3N6O3/c1-27-8-10-28(11-9-27)15-3-5-18(25-13-15)26-19(30)6-7-24-16-4-2-14(20(21,22)23)12-17(16)29(31)32/h2-5,12-13,24H,6-11H2,1H3,(H,25,26,30). The number of alkyl halides is 3. The largest absolute Gasteiger partial charge is 0.416 e. The Hall–Kier alpha value is -3.41. The summed E-state index contributed by atoms with van der Waals surface area (Å²) in [6, 6.07) is 5.77. The zero-order valence-electron chi connectivity index (χ0n) is 17.4. The number of aromatic nitrogens is 1. The summed E-state index contributed by atoms with van der Waals surface area (Å²) in [5.41, 5.74) is -0.946. The van der Waals surface area contributed by atoms with Crippen LogP contribution >= 0.6 is 0 Å². The molecule has 9 nitrogen and oxygen atoms in total. The van der Waals surface area contributed by atoms with Crippen LogP contribution < -0.4 is 15.5 Å². The molecule has 172 valence electrons. The van der Waals surface area contributed by atoms with Crippen molar-refractivity contribution >= 4 is 28.8 Å². The third-order valence-electron chi connectivity index (χ3n) is 5.07. The highest BCUT2D eigenvalue weighted by Crippen LogP contribution is 2.34. The van der Waals surface area contributed by atoms with E-state index in [0.717, 1.165) is 44.0 Å². The lowest BCUT2D eigenvalue weighted by Crippen LogP contribution is -2.44. The number of nitrogens with one attached hydrogen (secondary N) is 2. The van der Waals surface area contributed by atoms with Crippen LogP contribution in [0.3, 0.4) is 0 Å². The molecule has 1 aromatic heterocycles. The second-order valence-corrected chi connectivity index (χ2v) is 7.40. The number of carbonyl (C=O) groups is 1. The average Bonchev–Trinajstić information content (AvgIpc) is 2.74. The Bertz CT molecular complexity index is 960. The third kappa shape index (κ3) is 6.06. The quantitative estimate of drug-likeness (QED) is 0.491. The van der Waals surface area contributed by atoms with Crippen LogP contribution in [0.25, 0.3) is 0 Å². The van der Waals surface area contributed by atoms with Crippen LogP contribution in [0.2, 0.25) is 0 Å². The van der Waals surface area contributed by atoms with Gasteiger partial charge in [0.05, 0.1) is 22.4 Å². The lowest BCUT2D eigenvalue weighted by atomic mass is 10.1. The first-order valence-electron chi connectivity index (χ1n) is 9.92. The van der Waals surface area contributed by atoms with Gasteiger partial charge in [0.15, 0.2) is 0 Å². The normalized spacial score (nSPS) is 14.8. The van der Waals surface area contributed by atoms with E-state index in [1.165, 1.54) is 0 Å². The number of nitro benzene ring substituents is 1. The van der Waals surface area contributed by atoms with Crippen molar-refractivity contribution in [1.82, 2.24) is 9.88 Å². The summed E-state index contributed by atoms with van der Waals surface area (Å²) in [7, 11) is 2.07. The summed E-state index contributed by atoms with van der Waals surface area (Å²) < 4.78 is 38.3. The number of amides is 1. The lowest BCUT2D eigenvalue weighted by Gasteiger charge is -2.33. The summed E-state index contributed by atoms with van der Waals surface area (Å²) in [6.45, 7) is 3.71. The molecular formula is C20H23F3N6O3. The Labute approximate surface area is 182 Å². The first-order chi connectivity index (χ1) is 15.1. The monoisotopic (exact) mass is 452 g/mol. The number of benzene rings is 1. The molecule has 1 fully saturated rings.